The Kier molecular flexibility index (Phi) is 3.16. The molecular weight excluding hydrogens is 327 g/mol. The lowest BCUT2D eigenvalue weighted by Crippen LogP contribution is -2.03. The molecule has 1 heterocycles. The van der Waals surface area contributed by atoms with Crippen LogP contribution >= 0.6 is 0 Å². The Balaban J connectivity index is 2.02. The molecule has 5 aromatic rings. The molecule has 0 aliphatic heterocycles. The van der Waals surface area contributed by atoms with Crippen LogP contribution in [-0.4, -0.2) is 0 Å². The molecule has 0 aliphatic rings. The standard InChI is InChI=1S/C23H13FO2/c24-15-10-11-20-19(12-15)23(25)22-17-9-5-4-8-16(17)18(13-21(22)26-20)14-6-2-1-3-7-14/h1-13H. The van der Waals surface area contributed by atoms with Crippen molar-refractivity contribution < 1.29 is 8.81 Å². The van der Waals surface area contributed by atoms with Crippen LogP contribution in [0.4, 0.5) is 4.39 Å². The van der Waals surface area contributed by atoms with Crippen molar-refractivity contribution in [1.82, 2.24) is 0 Å². The molecule has 26 heavy (non-hydrogen) atoms. The predicted octanol–water partition coefficient (Wildman–Crippen LogP) is 5.91. The van der Waals surface area contributed by atoms with Gasteiger partial charge in [0, 0.05) is 0 Å². The Morgan fingerprint density at radius 1 is 0.692 bits per heavy atom. The summed E-state index contributed by atoms with van der Waals surface area (Å²) in [6.07, 6.45) is 0. The predicted molar refractivity (Wildman–Crippen MR) is 103 cm³/mol. The van der Waals surface area contributed by atoms with Gasteiger partial charge in [0.15, 0.2) is 0 Å². The average Bonchev–Trinajstić information content (AvgIpc) is 2.68. The van der Waals surface area contributed by atoms with Crippen molar-refractivity contribution in [3.8, 4) is 11.1 Å². The van der Waals surface area contributed by atoms with Crippen LogP contribution in [0.15, 0.2) is 88.1 Å². The largest absolute Gasteiger partial charge is 0.456 e. The van der Waals surface area contributed by atoms with Gasteiger partial charge in [-0.3, -0.25) is 4.79 Å². The highest BCUT2D eigenvalue weighted by Crippen LogP contribution is 2.34. The molecule has 3 heteroatoms. The van der Waals surface area contributed by atoms with Crippen LogP contribution in [0, 0.1) is 5.82 Å². The molecule has 5 rings (SSSR count). The Morgan fingerprint density at radius 2 is 1.42 bits per heavy atom. The quantitative estimate of drug-likeness (QED) is 0.281. The van der Waals surface area contributed by atoms with E-state index in [1.165, 1.54) is 18.2 Å². The number of hydrogen-bond acceptors (Lipinski definition) is 2. The fourth-order valence-electron chi connectivity index (χ4n) is 3.54. The number of halogens is 1. The minimum absolute atomic E-state index is 0.212. The summed E-state index contributed by atoms with van der Waals surface area (Å²) in [6.45, 7) is 0. The van der Waals surface area contributed by atoms with E-state index in [1.807, 2.05) is 60.7 Å². The van der Waals surface area contributed by atoms with E-state index in [1.54, 1.807) is 0 Å². The summed E-state index contributed by atoms with van der Waals surface area (Å²) in [5.41, 5.74) is 2.73. The van der Waals surface area contributed by atoms with Crippen molar-refractivity contribution in [2.24, 2.45) is 0 Å². The fourth-order valence-corrected chi connectivity index (χ4v) is 3.54. The van der Waals surface area contributed by atoms with E-state index >= 15 is 0 Å². The number of rotatable bonds is 1. The Bertz CT molecular complexity index is 1350. The maximum absolute atomic E-state index is 13.6. The lowest BCUT2D eigenvalue weighted by molar-refractivity contribution is 0.623. The van der Waals surface area contributed by atoms with E-state index in [0.717, 1.165) is 21.9 Å². The lowest BCUT2D eigenvalue weighted by atomic mass is 9.95. The minimum atomic E-state index is -0.450. The van der Waals surface area contributed by atoms with Gasteiger partial charge in [-0.25, -0.2) is 4.39 Å². The Hall–Kier alpha value is -3.46. The summed E-state index contributed by atoms with van der Waals surface area (Å²) in [6, 6.07) is 23.7. The molecule has 1 aromatic heterocycles. The topological polar surface area (TPSA) is 30.2 Å². The summed E-state index contributed by atoms with van der Waals surface area (Å²) in [5, 5.41) is 2.52. The van der Waals surface area contributed by atoms with Crippen LogP contribution in [0.1, 0.15) is 0 Å². The Labute approximate surface area is 148 Å². The van der Waals surface area contributed by atoms with Crippen molar-refractivity contribution in [3.63, 3.8) is 0 Å². The minimum Gasteiger partial charge on any atom is -0.456 e. The highest BCUT2D eigenvalue weighted by atomic mass is 19.1. The molecule has 0 unspecified atom stereocenters. The number of fused-ring (bicyclic) bond motifs is 4. The summed E-state index contributed by atoms with van der Waals surface area (Å²) in [7, 11) is 0. The first kappa shape index (κ1) is 14.8. The average molecular weight is 340 g/mol. The second kappa shape index (κ2) is 5.53. The van der Waals surface area contributed by atoms with Gasteiger partial charge in [0.2, 0.25) is 5.43 Å². The third-order valence-electron chi connectivity index (χ3n) is 4.73. The first-order chi connectivity index (χ1) is 12.7. The maximum atomic E-state index is 13.6. The second-order valence-corrected chi connectivity index (χ2v) is 6.28. The first-order valence-corrected chi connectivity index (χ1v) is 8.35. The van der Waals surface area contributed by atoms with Crippen molar-refractivity contribution in [1.29, 1.82) is 0 Å². The van der Waals surface area contributed by atoms with Crippen LogP contribution < -0.4 is 5.43 Å². The molecule has 0 atom stereocenters. The van der Waals surface area contributed by atoms with Crippen LogP contribution in [0.25, 0.3) is 43.8 Å². The second-order valence-electron chi connectivity index (χ2n) is 6.28. The molecule has 0 saturated heterocycles. The molecule has 0 amide bonds. The first-order valence-electron chi connectivity index (χ1n) is 8.35. The van der Waals surface area contributed by atoms with Gasteiger partial charge in [0.05, 0.1) is 10.8 Å². The molecule has 0 radical (unpaired) electrons. The SMILES string of the molecule is O=c1c2cc(F)ccc2oc2cc(-c3ccccc3)c3ccccc3c12. The monoisotopic (exact) mass is 340 g/mol. The third-order valence-corrected chi connectivity index (χ3v) is 4.73. The molecule has 0 spiro atoms. The van der Waals surface area contributed by atoms with Gasteiger partial charge in [-0.1, -0.05) is 54.6 Å². The van der Waals surface area contributed by atoms with Crippen molar-refractivity contribution in [2.45, 2.75) is 0 Å². The zero-order chi connectivity index (χ0) is 17.7. The Morgan fingerprint density at radius 3 is 2.23 bits per heavy atom. The zero-order valence-electron chi connectivity index (χ0n) is 13.7. The highest BCUT2D eigenvalue weighted by molar-refractivity contribution is 6.13. The van der Waals surface area contributed by atoms with E-state index in [2.05, 4.69) is 0 Å². The van der Waals surface area contributed by atoms with Gasteiger partial charge in [-0.05, 0) is 46.2 Å². The molecule has 0 bridgehead atoms. The fraction of sp³-hybridized carbons (Fsp3) is 0. The van der Waals surface area contributed by atoms with Crippen molar-refractivity contribution in [3.05, 3.63) is 94.9 Å². The van der Waals surface area contributed by atoms with Gasteiger partial charge >= 0.3 is 0 Å². The molecule has 0 N–H and O–H groups in total. The number of hydrogen-bond donors (Lipinski definition) is 0. The maximum Gasteiger partial charge on any atom is 0.201 e. The van der Waals surface area contributed by atoms with E-state index in [-0.39, 0.29) is 10.8 Å². The third kappa shape index (κ3) is 2.14. The van der Waals surface area contributed by atoms with Gasteiger partial charge in [0.1, 0.15) is 17.0 Å². The van der Waals surface area contributed by atoms with Gasteiger partial charge < -0.3 is 4.42 Å². The van der Waals surface area contributed by atoms with E-state index in [0.29, 0.717) is 16.6 Å². The van der Waals surface area contributed by atoms with E-state index in [4.69, 9.17) is 4.42 Å². The van der Waals surface area contributed by atoms with Crippen molar-refractivity contribution in [2.75, 3.05) is 0 Å². The summed E-state index contributed by atoms with van der Waals surface area (Å²) in [5.74, 6) is -0.450. The molecule has 0 aliphatic carbocycles. The molecule has 124 valence electrons. The molecular formula is C23H13FO2. The molecule has 4 aromatic carbocycles. The molecule has 0 fully saturated rings. The zero-order valence-corrected chi connectivity index (χ0v) is 13.7. The van der Waals surface area contributed by atoms with E-state index < -0.39 is 5.82 Å². The number of benzene rings is 4. The van der Waals surface area contributed by atoms with Crippen LogP contribution in [0.2, 0.25) is 0 Å². The normalized spacial score (nSPS) is 11.4. The van der Waals surface area contributed by atoms with Crippen molar-refractivity contribution >= 4 is 32.7 Å². The lowest BCUT2D eigenvalue weighted by Gasteiger charge is -2.11. The van der Waals surface area contributed by atoms with E-state index in [9.17, 15) is 9.18 Å². The highest BCUT2D eigenvalue weighted by Gasteiger charge is 2.15. The molecule has 2 nitrogen and oxygen atoms in total. The summed E-state index contributed by atoms with van der Waals surface area (Å²) >= 11 is 0. The van der Waals surface area contributed by atoms with Crippen LogP contribution in [0.5, 0.6) is 0 Å². The summed E-state index contributed by atoms with van der Waals surface area (Å²) in [4.78, 5) is 13.1. The molecule has 0 saturated carbocycles. The smallest absolute Gasteiger partial charge is 0.201 e. The van der Waals surface area contributed by atoms with Gasteiger partial charge in [0.25, 0.3) is 0 Å². The van der Waals surface area contributed by atoms with Gasteiger partial charge in [-0.15, -0.1) is 0 Å². The summed E-state index contributed by atoms with van der Waals surface area (Å²) < 4.78 is 19.6. The van der Waals surface area contributed by atoms with Crippen LogP contribution in [0.3, 0.4) is 0 Å². The van der Waals surface area contributed by atoms with Crippen LogP contribution in [-0.2, 0) is 0 Å². The van der Waals surface area contributed by atoms with Gasteiger partial charge in [-0.2, -0.15) is 0 Å².